The van der Waals surface area contributed by atoms with Gasteiger partial charge in [0.2, 0.25) is 0 Å². The van der Waals surface area contributed by atoms with Gasteiger partial charge in [-0.05, 0) is 25.1 Å². The average molecular weight is 264 g/mol. The Bertz CT molecular complexity index is 517. The van der Waals surface area contributed by atoms with E-state index in [4.69, 9.17) is 21.1 Å². The van der Waals surface area contributed by atoms with Crippen molar-refractivity contribution >= 4 is 11.6 Å². The second-order valence-corrected chi connectivity index (χ2v) is 3.89. The Hall–Kier alpha value is -1.74. The normalized spacial score (nSPS) is 10.1. The first kappa shape index (κ1) is 12.7. The summed E-state index contributed by atoms with van der Waals surface area (Å²) >= 11 is 5.73. The van der Waals surface area contributed by atoms with E-state index in [-0.39, 0.29) is 0 Å². The zero-order valence-corrected chi connectivity index (χ0v) is 10.9. The van der Waals surface area contributed by atoms with Crippen molar-refractivity contribution in [2.75, 3.05) is 6.61 Å². The molecule has 4 heteroatoms. The van der Waals surface area contributed by atoms with Gasteiger partial charge in [-0.15, -0.1) is 11.6 Å². The van der Waals surface area contributed by atoms with Crippen molar-refractivity contribution in [2.45, 2.75) is 12.8 Å². The fourth-order valence-corrected chi connectivity index (χ4v) is 1.67. The molecule has 2 aromatic rings. The van der Waals surface area contributed by atoms with Crippen LogP contribution in [0.1, 0.15) is 12.6 Å². The van der Waals surface area contributed by atoms with Gasteiger partial charge in [0.05, 0.1) is 18.2 Å². The van der Waals surface area contributed by atoms with Gasteiger partial charge in [0.1, 0.15) is 17.2 Å². The minimum Gasteiger partial charge on any atom is -0.494 e. The SMILES string of the molecule is CCOc1cccc(Oc2ccnc(CCl)c2)c1. The number of hydrogen-bond acceptors (Lipinski definition) is 3. The van der Waals surface area contributed by atoms with Gasteiger partial charge in [0.15, 0.2) is 0 Å². The Kier molecular flexibility index (Phi) is 4.42. The lowest BCUT2D eigenvalue weighted by Gasteiger charge is -2.08. The molecule has 0 atom stereocenters. The molecule has 0 spiro atoms. The molecule has 0 fully saturated rings. The number of aromatic nitrogens is 1. The van der Waals surface area contributed by atoms with Gasteiger partial charge in [0.25, 0.3) is 0 Å². The van der Waals surface area contributed by atoms with Crippen LogP contribution in [0.2, 0.25) is 0 Å². The van der Waals surface area contributed by atoms with Crippen molar-refractivity contribution in [1.29, 1.82) is 0 Å². The van der Waals surface area contributed by atoms with Crippen LogP contribution in [0.5, 0.6) is 17.2 Å². The maximum Gasteiger partial charge on any atom is 0.131 e. The maximum absolute atomic E-state index is 5.73. The van der Waals surface area contributed by atoms with Crippen molar-refractivity contribution in [2.24, 2.45) is 0 Å². The van der Waals surface area contributed by atoms with Crippen LogP contribution in [0.15, 0.2) is 42.6 Å². The number of alkyl halides is 1. The van der Waals surface area contributed by atoms with Crippen molar-refractivity contribution in [1.82, 2.24) is 4.98 Å². The van der Waals surface area contributed by atoms with Gasteiger partial charge in [-0.25, -0.2) is 0 Å². The fraction of sp³-hybridized carbons (Fsp3) is 0.214. The minimum absolute atomic E-state index is 0.371. The van der Waals surface area contributed by atoms with Crippen LogP contribution in [0.25, 0.3) is 0 Å². The molecule has 0 aliphatic rings. The summed E-state index contributed by atoms with van der Waals surface area (Å²) in [5.41, 5.74) is 0.787. The van der Waals surface area contributed by atoms with Gasteiger partial charge in [-0.2, -0.15) is 0 Å². The van der Waals surface area contributed by atoms with Crippen LogP contribution in [0.4, 0.5) is 0 Å². The molecule has 0 unspecified atom stereocenters. The van der Waals surface area contributed by atoms with Gasteiger partial charge < -0.3 is 9.47 Å². The van der Waals surface area contributed by atoms with E-state index < -0.39 is 0 Å². The fourth-order valence-electron chi connectivity index (χ4n) is 1.52. The Labute approximate surface area is 111 Å². The van der Waals surface area contributed by atoms with E-state index in [2.05, 4.69) is 4.98 Å². The third-order valence-electron chi connectivity index (χ3n) is 2.28. The highest BCUT2D eigenvalue weighted by Crippen LogP contribution is 2.25. The standard InChI is InChI=1S/C14H14ClNO2/c1-2-17-12-4-3-5-13(9-12)18-14-6-7-16-11(8-14)10-15/h3-9H,2,10H2,1H3. The molecule has 0 N–H and O–H groups in total. The smallest absolute Gasteiger partial charge is 0.131 e. The number of ether oxygens (including phenoxy) is 2. The number of rotatable bonds is 5. The quantitative estimate of drug-likeness (QED) is 0.764. The Morgan fingerprint density at radius 2 is 1.89 bits per heavy atom. The highest BCUT2D eigenvalue weighted by atomic mass is 35.5. The van der Waals surface area contributed by atoms with Crippen molar-refractivity contribution in [3.05, 3.63) is 48.3 Å². The second-order valence-electron chi connectivity index (χ2n) is 3.63. The molecular weight excluding hydrogens is 250 g/mol. The number of halogens is 1. The highest BCUT2D eigenvalue weighted by molar-refractivity contribution is 6.16. The lowest BCUT2D eigenvalue weighted by atomic mass is 10.3. The van der Waals surface area contributed by atoms with E-state index in [1.807, 2.05) is 37.3 Å². The zero-order valence-electron chi connectivity index (χ0n) is 10.1. The predicted octanol–water partition coefficient (Wildman–Crippen LogP) is 4.01. The molecular formula is C14H14ClNO2. The Morgan fingerprint density at radius 1 is 1.11 bits per heavy atom. The largest absolute Gasteiger partial charge is 0.494 e. The van der Waals surface area contributed by atoms with E-state index in [0.29, 0.717) is 18.2 Å². The van der Waals surface area contributed by atoms with Crippen molar-refractivity contribution in [3.63, 3.8) is 0 Å². The lowest BCUT2D eigenvalue weighted by Crippen LogP contribution is -1.92. The van der Waals surface area contributed by atoms with Crippen LogP contribution in [-0.2, 0) is 5.88 Å². The van der Waals surface area contributed by atoms with Crippen molar-refractivity contribution < 1.29 is 9.47 Å². The first-order valence-corrected chi connectivity index (χ1v) is 6.27. The summed E-state index contributed by atoms with van der Waals surface area (Å²) in [5.74, 6) is 2.61. The molecule has 1 aromatic carbocycles. The zero-order chi connectivity index (χ0) is 12.8. The van der Waals surface area contributed by atoms with Crippen LogP contribution in [0, 0.1) is 0 Å². The third-order valence-corrected chi connectivity index (χ3v) is 2.55. The van der Waals surface area contributed by atoms with Crippen LogP contribution in [0.3, 0.4) is 0 Å². The average Bonchev–Trinajstić information content (AvgIpc) is 2.40. The van der Waals surface area contributed by atoms with E-state index in [1.165, 1.54) is 0 Å². The molecule has 0 bridgehead atoms. The molecule has 1 heterocycles. The summed E-state index contributed by atoms with van der Waals surface area (Å²) in [6.45, 7) is 2.58. The molecule has 0 aliphatic heterocycles. The second kappa shape index (κ2) is 6.26. The molecule has 0 amide bonds. The maximum atomic E-state index is 5.73. The molecule has 0 aliphatic carbocycles. The van der Waals surface area contributed by atoms with Crippen LogP contribution >= 0.6 is 11.6 Å². The summed E-state index contributed by atoms with van der Waals surface area (Å²) in [6, 6.07) is 11.1. The number of hydrogen-bond donors (Lipinski definition) is 0. The van der Waals surface area contributed by atoms with E-state index in [9.17, 15) is 0 Å². The number of pyridine rings is 1. The third kappa shape index (κ3) is 3.37. The van der Waals surface area contributed by atoms with E-state index in [0.717, 1.165) is 17.2 Å². The first-order valence-electron chi connectivity index (χ1n) is 5.73. The molecule has 0 saturated carbocycles. The predicted molar refractivity (Wildman–Crippen MR) is 71.5 cm³/mol. The topological polar surface area (TPSA) is 31.4 Å². The summed E-state index contributed by atoms with van der Waals surface area (Å²) in [7, 11) is 0. The Morgan fingerprint density at radius 3 is 2.67 bits per heavy atom. The number of nitrogens with zero attached hydrogens (tertiary/aromatic N) is 1. The summed E-state index contributed by atoms with van der Waals surface area (Å²) < 4.78 is 11.1. The van der Waals surface area contributed by atoms with Gasteiger partial charge in [0, 0.05) is 18.3 Å². The molecule has 18 heavy (non-hydrogen) atoms. The monoisotopic (exact) mass is 263 g/mol. The van der Waals surface area contributed by atoms with Gasteiger partial charge in [-0.1, -0.05) is 6.07 Å². The Balaban J connectivity index is 2.14. The molecule has 1 aromatic heterocycles. The highest BCUT2D eigenvalue weighted by Gasteiger charge is 2.01. The first-order chi connectivity index (χ1) is 8.81. The molecule has 0 saturated heterocycles. The van der Waals surface area contributed by atoms with Crippen LogP contribution in [-0.4, -0.2) is 11.6 Å². The molecule has 0 radical (unpaired) electrons. The molecule has 3 nitrogen and oxygen atoms in total. The molecule has 2 rings (SSSR count). The van der Waals surface area contributed by atoms with E-state index >= 15 is 0 Å². The van der Waals surface area contributed by atoms with Gasteiger partial charge in [-0.3, -0.25) is 4.98 Å². The summed E-state index contributed by atoms with van der Waals surface area (Å²) in [4.78, 5) is 4.11. The van der Waals surface area contributed by atoms with E-state index in [1.54, 1.807) is 12.3 Å². The molecule has 94 valence electrons. The lowest BCUT2D eigenvalue weighted by molar-refractivity contribution is 0.338. The summed E-state index contributed by atoms with van der Waals surface area (Å²) in [6.07, 6.45) is 1.68. The number of benzene rings is 1. The van der Waals surface area contributed by atoms with Gasteiger partial charge >= 0.3 is 0 Å². The minimum atomic E-state index is 0.371. The van der Waals surface area contributed by atoms with Crippen molar-refractivity contribution in [3.8, 4) is 17.2 Å². The summed E-state index contributed by atoms with van der Waals surface area (Å²) in [5, 5.41) is 0. The van der Waals surface area contributed by atoms with Crippen LogP contribution < -0.4 is 9.47 Å².